The number of rotatable bonds is 6. The first-order chi connectivity index (χ1) is 12.8. The van der Waals surface area contributed by atoms with E-state index >= 15 is 0 Å². The highest BCUT2D eigenvalue weighted by Crippen LogP contribution is 2.51. The zero-order valence-electron chi connectivity index (χ0n) is 17.1. The monoisotopic (exact) mass is 375 g/mol. The van der Waals surface area contributed by atoms with Crippen molar-refractivity contribution in [1.29, 1.82) is 0 Å². The molecule has 0 unspecified atom stereocenters. The van der Waals surface area contributed by atoms with Crippen LogP contribution in [0.2, 0.25) is 0 Å². The third-order valence-electron chi connectivity index (χ3n) is 5.92. The first-order valence-electron chi connectivity index (χ1n) is 9.71. The molecule has 2 aliphatic rings. The van der Waals surface area contributed by atoms with Crippen LogP contribution in [0.1, 0.15) is 39.5 Å². The number of amides is 1. The topological polar surface area (TPSA) is 70.0 Å². The number of nitrogens with zero attached hydrogens (tertiary/aromatic N) is 1. The molecule has 0 aromatic heterocycles. The Balaban J connectivity index is 2.11. The zero-order chi connectivity index (χ0) is 20.1. The summed E-state index contributed by atoms with van der Waals surface area (Å²) in [5.41, 5.74) is 1.05. The molecule has 6 atom stereocenters. The molecular weight excluding hydrogens is 342 g/mol. The van der Waals surface area contributed by atoms with Gasteiger partial charge in [-0.1, -0.05) is 19.1 Å². The van der Waals surface area contributed by atoms with E-state index in [1.54, 1.807) is 28.1 Å². The Labute approximate surface area is 163 Å². The highest BCUT2D eigenvalue weighted by molar-refractivity contribution is 5.92. The van der Waals surface area contributed by atoms with Crippen molar-refractivity contribution < 1.29 is 19.7 Å². The molecule has 2 saturated carbocycles. The number of ether oxygens (including phenoxy) is 1. The molecule has 0 heterocycles. The van der Waals surface area contributed by atoms with Crippen molar-refractivity contribution in [3.63, 3.8) is 0 Å². The van der Waals surface area contributed by atoms with Crippen LogP contribution in [0.25, 0.3) is 0 Å². The maximum atomic E-state index is 12.3. The lowest BCUT2D eigenvalue weighted by Crippen LogP contribution is -2.25. The molecular formula is C22H33NO4. The second kappa shape index (κ2) is 9.43. The fourth-order valence-electron chi connectivity index (χ4n) is 4.32. The van der Waals surface area contributed by atoms with Gasteiger partial charge in [-0.05, 0) is 49.5 Å². The number of carbonyl (C=O) groups is 1. The first kappa shape index (κ1) is 21.5. The van der Waals surface area contributed by atoms with E-state index in [1.165, 1.54) is 4.90 Å². The highest BCUT2D eigenvalue weighted by atomic mass is 16.5. The summed E-state index contributed by atoms with van der Waals surface area (Å²) >= 11 is 0. The van der Waals surface area contributed by atoms with E-state index in [4.69, 9.17) is 4.74 Å². The molecule has 1 amide bonds. The number of likely N-dealkylation sites (N-methyl/N-ethyl adjacent to an activating group) is 1. The third-order valence-corrected chi connectivity index (χ3v) is 5.92. The van der Waals surface area contributed by atoms with E-state index in [1.807, 2.05) is 19.1 Å². The fourth-order valence-corrected chi connectivity index (χ4v) is 4.32. The summed E-state index contributed by atoms with van der Waals surface area (Å²) < 4.78 is 5.41. The number of fused-ring (bicyclic) bond motifs is 1. The molecule has 27 heavy (non-hydrogen) atoms. The summed E-state index contributed by atoms with van der Waals surface area (Å²) in [7, 11) is 4.98. The van der Waals surface area contributed by atoms with Gasteiger partial charge in [-0.25, -0.2) is 0 Å². The largest absolute Gasteiger partial charge is 0.491 e. The number of hydrogen-bond acceptors (Lipinski definition) is 4. The second-order valence-corrected chi connectivity index (χ2v) is 8.03. The maximum Gasteiger partial charge on any atom is 0.288 e. The first-order valence-corrected chi connectivity index (χ1v) is 9.71. The number of carbonyl (C=O) groups excluding carboxylic acids is 1. The van der Waals surface area contributed by atoms with Crippen LogP contribution >= 0.6 is 0 Å². The molecule has 5 heteroatoms. The highest BCUT2D eigenvalue weighted by Gasteiger charge is 2.46. The van der Waals surface area contributed by atoms with Gasteiger partial charge in [-0.2, -0.15) is 0 Å². The molecule has 2 aliphatic carbocycles. The van der Waals surface area contributed by atoms with Gasteiger partial charge in [0.25, 0.3) is 5.91 Å². The predicted molar refractivity (Wildman–Crippen MR) is 105 cm³/mol. The summed E-state index contributed by atoms with van der Waals surface area (Å²) in [4.78, 5) is 13.9. The van der Waals surface area contributed by atoms with Crippen molar-refractivity contribution in [1.82, 2.24) is 4.90 Å². The van der Waals surface area contributed by atoms with E-state index in [0.29, 0.717) is 18.1 Å². The molecule has 0 radical (unpaired) electrons. The van der Waals surface area contributed by atoms with Gasteiger partial charge in [0.15, 0.2) is 5.76 Å². The fraction of sp³-hybridized carbons (Fsp3) is 0.682. The Morgan fingerprint density at radius 2 is 2.11 bits per heavy atom. The van der Waals surface area contributed by atoms with Gasteiger partial charge in [-0.3, -0.25) is 4.79 Å². The van der Waals surface area contributed by atoms with Crippen LogP contribution in [0.15, 0.2) is 23.5 Å². The minimum atomic E-state index is -0.571. The molecule has 0 bridgehead atoms. The van der Waals surface area contributed by atoms with Gasteiger partial charge >= 0.3 is 0 Å². The molecule has 5 nitrogen and oxygen atoms in total. The van der Waals surface area contributed by atoms with Gasteiger partial charge in [-0.15, -0.1) is 11.8 Å². The van der Waals surface area contributed by atoms with E-state index in [9.17, 15) is 15.0 Å². The summed E-state index contributed by atoms with van der Waals surface area (Å²) in [5.74, 6) is 6.87. The molecule has 2 rings (SSSR count). The van der Waals surface area contributed by atoms with Crippen LogP contribution in [0.4, 0.5) is 0 Å². The van der Waals surface area contributed by atoms with Crippen LogP contribution in [0.3, 0.4) is 0 Å². The van der Waals surface area contributed by atoms with Crippen LogP contribution in [0.5, 0.6) is 0 Å². The average Bonchev–Trinajstić information content (AvgIpc) is 3.15. The molecule has 0 spiro atoms. The van der Waals surface area contributed by atoms with Crippen molar-refractivity contribution in [2.24, 2.45) is 23.7 Å². The van der Waals surface area contributed by atoms with E-state index in [-0.39, 0.29) is 23.7 Å². The van der Waals surface area contributed by atoms with Gasteiger partial charge < -0.3 is 19.8 Å². The van der Waals surface area contributed by atoms with E-state index in [2.05, 4.69) is 11.8 Å². The van der Waals surface area contributed by atoms with Gasteiger partial charge in [0.2, 0.25) is 0 Å². The molecule has 0 aromatic rings. The summed E-state index contributed by atoms with van der Waals surface area (Å²) in [6, 6.07) is 0. The zero-order valence-corrected chi connectivity index (χ0v) is 17.1. The molecule has 150 valence electrons. The Hall–Kier alpha value is -1.77. The Morgan fingerprint density at radius 3 is 2.70 bits per heavy atom. The maximum absolute atomic E-state index is 12.3. The molecule has 0 aromatic carbocycles. The number of aliphatic hydroxyl groups excluding tert-OH is 2. The Morgan fingerprint density at radius 1 is 1.41 bits per heavy atom. The van der Waals surface area contributed by atoms with Crippen LogP contribution in [0, 0.1) is 35.5 Å². The Kier molecular flexibility index (Phi) is 7.52. The second-order valence-electron chi connectivity index (χ2n) is 8.03. The van der Waals surface area contributed by atoms with Crippen LogP contribution in [-0.2, 0) is 9.53 Å². The van der Waals surface area contributed by atoms with Crippen molar-refractivity contribution >= 4 is 5.91 Å². The predicted octanol–water partition coefficient (Wildman–Crippen LogP) is 2.35. The number of methoxy groups -OCH3 is 1. The number of aliphatic hydroxyl groups is 2. The summed E-state index contributed by atoms with van der Waals surface area (Å²) in [5, 5.41) is 20.8. The van der Waals surface area contributed by atoms with E-state index in [0.717, 1.165) is 24.8 Å². The van der Waals surface area contributed by atoms with Crippen molar-refractivity contribution in [2.45, 2.75) is 51.7 Å². The minimum absolute atomic E-state index is 0.000765. The minimum Gasteiger partial charge on any atom is -0.491 e. The van der Waals surface area contributed by atoms with E-state index < -0.39 is 12.2 Å². The summed E-state index contributed by atoms with van der Waals surface area (Å²) in [6.07, 6.45) is 5.74. The number of hydrogen-bond donors (Lipinski definition) is 2. The lowest BCUT2D eigenvalue weighted by Gasteiger charge is -2.20. The molecule has 2 fully saturated rings. The normalized spacial score (nSPS) is 31.1. The number of allylic oxidation sites excluding steroid dienone is 1. The average molecular weight is 376 g/mol. The van der Waals surface area contributed by atoms with Crippen LogP contribution < -0.4 is 0 Å². The van der Waals surface area contributed by atoms with Crippen molar-refractivity contribution in [2.75, 3.05) is 21.2 Å². The van der Waals surface area contributed by atoms with Gasteiger partial charge in [0.05, 0.1) is 19.3 Å². The standard InChI is InChI=1S/C22H33NO4/c1-6-7-8-14(2)19(24)10-9-17-18-12-16(11-15(18)13-20(17)25)21(27-5)22(26)23(3)4/h9-10,14-15,17-20,24-25H,8,11-13H2,1-5H3/b10-9+,21-16+/t14-,15-,17+,18-,19+,20+/m0/s1. The molecule has 2 N–H and O–H groups in total. The SMILES string of the molecule is CC#CC[C@H](C)[C@H](O)/C=C/[C@@H]1[C@H]2C/C(=C(/OC)C(=O)N(C)C)C[C@H]2C[C@H]1O. The van der Waals surface area contributed by atoms with Crippen LogP contribution in [-0.4, -0.2) is 54.4 Å². The van der Waals surface area contributed by atoms with Crippen molar-refractivity contribution in [3.8, 4) is 11.8 Å². The summed E-state index contributed by atoms with van der Waals surface area (Å²) in [6.45, 7) is 3.77. The molecule has 0 aliphatic heterocycles. The molecule has 0 saturated heterocycles. The quantitative estimate of drug-likeness (QED) is 0.324. The van der Waals surface area contributed by atoms with Gasteiger partial charge in [0.1, 0.15) is 0 Å². The lowest BCUT2D eigenvalue weighted by atomic mass is 9.89. The third kappa shape index (κ3) is 4.94. The Bertz CT molecular complexity index is 655. The lowest BCUT2D eigenvalue weighted by molar-refractivity contribution is -0.128. The van der Waals surface area contributed by atoms with Gasteiger partial charge in [0, 0.05) is 26.4 Å². The smallest absolute Gasteiger partial charge is 0.288 e. The van der Waals surface area contributed by atoms with Crippen molar-refractivity contribution in [3.05, 3.63) is 23.5 Å².